The molecule has 0 amide bonds. The number of hydrogen-bond acceptors (Lipinski definition) is 4. The molecule has 1 saturated heterocycles. The Kier molecular flexibility index (Phi) is 8.15. The zero-order valence-electron chi connectivity index (χ0n) is 16.0. The van der Waals surface area contributed by atoms with E-state index in [2.05, 4.69) is 56.3 Å². The van der Waals surface area contributed by atoms with Crippen molar-refractivity contribution in [2.45, 2.75) is 26.9 Å². The average Bonchev–Trinajstić information content (AvgIpc) is 3.12. The fraction of sp³-hybridized carbons (Fsp3) is 0.500. The minimum Gasteiger partial charge on any atom is -0.368 e. The lowest BCUT2D eigenvalue weighted by Crippen LogP contribution is -2.52. The number of nitrogens with zero attached hydrogens (tertiary/aromatic N) is 6. The van der Waals surface area contributed by atoms with Gasteiger partial charge in [-0.3, -0.25) is 4.99 Å². The molecule has 27 heavy (non-hydrogen) atoms. The second-order valence-electron chi connectivity index (χ2n) is 6.34. The quantitative estimate of drug-likeness (QED) is 0.395. The Morgan fingerprint density at radius 1 is 1.26 bits per heavy atom. The molecule has 2 heterocycles. The van der Waals surface area contributed by atoms with Gasteiger partial charge in [-0.15, -0.1) is 34.2 Å². The van der Waals surface area contributed by atoms with Gasteiger partial charge in [-0.05, 0) is 31.5 Å². The molecule has 9 heteroatoms. The first-order chi connectivity index (χ1) is 12.6. The molecule has 0 bridgehead atoms. The number of guanidine groups is 1. The minimum atomic E-state index is 0. The van der Waals surface area contributed by atoms with Gasteiger partial charge in [0.15, 0.2) is 11.8 Å². The Hall–Kier alpha value is -1.55. The monoisotopic (exact) mass is 503 g/mol. The van der Waals surface area contributed by atoms with E-state index in [0.717, 1.165) is 49.5 Å². The van der Waals surface area contributed by atoms with Crippen LogP contribution < -0.4 is 10.2 Å². The van der Waals surface area contributed by atoms with Crippen LogP contribution in [0.25, 0.3) is 0 Å². The summed E-state index contributed by atoms with van der Waals surface area (Å²) >= 11 is 6.17. The van der Waals surface area contributed by atoms with Crippen LogP contribution in [-0.2, 0) is 13.1 Å². The number of aromatic nitrogens is 3. The zero-order valence-corrected chi connectivity index (χ0v) is 19.1. The third-order valence-electron chi connectivity index (χ3n) is 4.74. The zero-order chi connectivity index (χ0) is 18.5. The Morgan fingerprint density at radius 2 is 2.00 bits per heavy atom. The highest BCUT2D eigenvalue weighted by Crippen LogP contribution is 2.25. The van der Waals surface area contributed by atoms with E-state index < -0.39 is 0 Å². The normalized spacial score (nSPS) is 14.9. The molecule has 1 aliphatic heterocycles. The van der Waals surface area contributed by atoms with Crippen LogP contribution in [0.15, 0.2) is 29.5 Å². The van der Waals surface area contributed by atoms with E-state index >= 15 is 0 Å². The molecule has 7 nitrogen and oxygen atoms in total. The summed E-state index contributed by atoms with van der Waals surface area (Å²) in [6, 6.07) is 6.07. The molecule has 1 aromatic carbocycles. The number of benzene rings is 1. The highest BCUT2D eigenvalue weighted by Gasteiger charge is 2.21. The van der Waals surface area contributed by atoms with Crippen LogP contribution in [0.1, 0.15) is 18.3 Å². The molecule has 1 aromatic heterocycles. The third kappa shape index (κ3) is 5.25. The molecule has 0 saturated carbocycles. The second kappa shape index (κ2) is 10.1. The maximum atomic E-state index is 6.17. The Balaban J connectivity index is 0.00000261. The van der Waals surface area contributed by atoms with Crippen molar-refractivity contribution in [1.29, 1.82) is 0 Å². The van der Waals surface area contributed by atoms with Crippen molar-refractivity contribution in [3.8, 4) is 0 Å². The summed E-state index contributed by atoms with van der Waals surface area (Å²) < 4.78 is 2.03. The van der Waals surface area contributed by atoms with Gasteiger partial charge in [-0.25, -0.2) is 0 Å². The fourth-order valence-corrected chi connectivity index (χ4v) is 3.42. The molecule has 0 unspecified atom stereocenters. The molecule has 1 fully saturated rings. The maximum Gasteiger partial charge on any atom is 0.194 e. The van der Waals surface area contributed by atoms with E-state index in [4.69, 9.17) is 11.6 Å². The van der Waals surface area contributed by atoms with E-state index in [0.29, 0.717) is 6.54 Å². The van der Waals surface area contributed by atoms with Gasteiger partial charge >= 0.3 is 0 Å². The van der Waals surface area contributed by atoms with Crippen LogP contribution >= 0.6 is 35.6 Å². The first kappa shape index (κ1) is 21.7. The number of aryl methyl sites for hydroxylation is 2. The molecular formula is C18H27ClIN7. The standard InChI is InChI=1S/C18H26ClN7.HI/c1-4-24-13-22-23-17(24)12-21-18(20-3)26-9-7-25(8-10-26)16-11-15(19)6-5-14(16)2;/h5-6,11,13H,4,7-10,12H2,1-3H3,(H,20,21);1H. The van der Waals surface area contributed by atoms with Gasteiger partial charge in [0.2, 0.25) is 0 Å². The van der Waals surface area contributed by atoms with Gasteiger partial charge in [0.05, 0.1) is 6.54 Å². The summed E-state index contributed by atoms with van der Waals surface area (Å²) in [6.07, 6.45) is 1.76. The second-order valence-corrected chi connectivity index (χ2v) is 6.78. The Labute approximate surface area is 182 Å². The Morgan fingerprint density at radius 3 is 2.67 bits per heavy atom. The molecule has 0 spiro atoms. The van der Waals surface area contributed by atoms with Crippen LogP contribution in [-0.4, -0.2) is 58.9 Å². The SMILES string of the molecule is CCn1cnnc1CNC(=NC)N1CCN(c2cc(Cl)ccc2C)CC1.I. The smallest absolute Gasteiger partial charge is 0.194 e. The molecular weight excluding hydrogens is 477 g/mol. The third-order valence-corrected chi connectivity index (χ3v) is 4.98. The summed E-state index contributed by atoms with van der Waals surface area (Å²) in [5, 5.41) is 12.3. The van der Waals surface area contributed by atoms with Crippen molar-refractivity contribution in [1.82, 2.24) is 25.0 Å². The summed E-state index contributed by atoms with van der Waals surface area (Å²) in [4.78, 5) is 9.10. The Bertz CT molecular complexity index is 769. The topological polar surface area (TPSA) is 61.6 Å². The summed E-state index contributed by atoms with van der Waals surface area (Å²) in [6.45, 7) is 9.38. The number of halogens is 2. The van der Waals surface area contributed by atoms with Crippen LogP contribution in [0.4, 0.5) is 5.69 Å². The van der Waals surface area contributed by atoms with E-state index in [1.165, 1.54) is 11.3 Å². The number of aliphatic imine (C=N–C) groups is 1. The number of anilines is 1. The van der Waals surface area contributed by atoms with Gasteiger partial charge in [0.25, 0.3) is 0 Å². The van der Waals surface area contributed by atoms with Crippen molar-refractivity contribution in [2.75, 3.05) is 38.1 Å². The van der Waals surface area contributed by atoms with Crippen molar-refractivity contribution in [3.63, 3.8) is 0 Å². The molecule has 1 N–H and O–H groups in total. The largest absolute Gasteiger partial charge is 0.368 e. The summed E-state index contributed by atoms with van der Waals surface area (Å²) in [7, 11) is 1.82. The minimum absolute atomic E-state index is 0. The lowest BCUT2D eigenvalue weighted by molar-refractivity contribution is 0.371. The predicted octanol–water partition coefficient (Wildman–Crippen LogP) is 2.78. The lowest BCUT2D eigenvalue weighted by atomic mass is 10.1. The first-order valence-corrected chi connectivity index (χ1v) is 9.33. The number of hydrogen-bond donors (Lipinski definition) is 1. The first-order valence-electron chi connectivity index (χ1n) is 8.95. The van der Waals surface area contributed by atoms with Crippen LogP contribution in [0.3, 0.4) is 0 Å². The molecule has 3 rings (SSSR count). The van der Waals surface area contributed by atoms with Gasteiger partial charge in [-0.1, -0.05) is 17.7 Å². The van der Waals surface area contributed by atoms with Crippen molar-refractivity contribution < 1.29 is 0 Å². The highest BCUT2D eigenvalue weighted by atomic mass is 127. The number of nitrogens with one attached hydrogen (secondary N) is 1. The number of piperazine rings is 1. The fourth-order valence-electron chi connectivity index (χ4n) is 3.25. The molecule has 148 valence electrons. The van der Waals surface area contributed by atoms with E-state index in [1.807, 2.05) is 17.7 Å². The number of rotatable bonds is 4. The van der Waals surface area contributed by atoms with E-state index in [-0.39, 0.29) is 24.0 Å². The highest BCUT2D eigenvalue weighted by molar-refractivity contribution is 14.0. The predicted molar refractivity (Wildman–Crippen MR) is 121 cm³/mol. The van der Waals surface area contributed by atoms with Gasteiger partial charge in [-0.2, -0.15) is 0 Å². The van der Waals surface area contributed by atoms with Crippen LogP contribution in [0.5, 0.6) is 0 Å². The molecule has 0 aliphatic carbocycles. The van der Waals surface area contributed by atoms with Crippen molar-refractivity contribution in [2.24, 2.45) is 4.99 Å². The molecule has 1 aliphatic rings. The van der Waals surface area contributed by atoms with E-state index in [9.17, 15) is 0 Å². The summed E-state index contributed by atoms with van der Waals surface area (Å²) in [5.41, 5.74) is 2.47. The summed E-state index contributed by atoms with van der Waals surface area (Å²) in [5.74, 6) is 1.82. The van der Waals surface area contributed by atoms with Crippen molar-refractivity contribution in [3.05, 3.63) is 40.9 Å². The maximum absolute atomic E-state index is 6.17. The van der Waals surface area contributed by atoms with Gasteiger partial charge in [0.1, 0.15) is 6.33 Å². The molecule has 0 radical (unpaired) electrons. The molecule has 0 atom stereocenters. The van der Waals surface area contributed by atoms with Crippen molar-refractivity contribution >= 4 is 47.2 Å². The van der Waals surface area contributed by atoms with E-state index in [1.54, 1.807) is 6.33 Å². The van der Waals surface area contributed by atoms with Crippen LogP contribution in [0.2, 0.25) is 5.02 Å². The van der Waals surface area contributed by atoms with Gasteiger partial charge < -0.3 is 19.7 Å². The lowest BCUT2D eigenvalue weighted by Gasteiger charge is -2.38. The average molecular weight is 504 g/mol. The molecule has 2 aromatic rings. The van der Waals surface area contributed by atoms with Gasteiger partial charge in [0, 0.05) is 50.5 Å². The van der Waals surface area contributed by atoms with Crippen LogP contribution in [0, 0.1) is 6.92 Å².